The molecule has 0 amide bonds. The van der Waals surface area contributed by atoms with Gasteiger partial charge in [0.25, 0.3) is 0 Å². The van der Waals surface area contributed by atoms with Crippen molar-refractivity contribution in [3.63, 3.8) is 0 Å². The van der Waals surface area contributed by atoms with Crippen LogP contribution in [0.25, 0.3) is 0 Å². The van der Waals surface area contributed by atoms with Gasteiger partial charge in [0.1, 0.15) is 13.3 Å². The Hall–Kier alpha value is -0.883. The molecule has 0 aromatic rings. The molecule has 0 N–H and O–H groups in total. The van der Waals surface area contributed by atoms with Crippen LogP contribution in [0.5, 0.6) is 0 Å². The maximum Gasteiger partial charge on any atom is 0.327 e. The molecular formula is C11H24N2O3Si. The first-order chi connectivity index (χ1) is 7.89. The van der Waals surface area contributed by atoms with E-state index in [4.69, 9.17) is 9.47 Å². The Morgan fingerprint density at radius 2 is 2.06 bits per heavy atom. The average Bonchev–Trinajstić information content (AvgIpc) is 2.21. The van der Waals surface area contributed by atoms with Crippen LogP contribution in [0.4, 0.5) is 0 Å². The highest BCUT2D eigenvalue weighted by molar-refractivity contribution is 6.76. The van der Waals surface area contributed by atoms with Crippen molar-refractivity contribution in [3.8, 4) is 0 Å². The van der Waals surface area contributed by atoms with Gasteiger partial charge >= 0.3 is 5.97 Å². The molecule has 0 aliphatic rings. The SMILES string of the molecule is C=NN(COCC[Si](C)(C)C)CC(=O)OCC. The summed E-state index contributed by atoms with van der Waals surface area (Å²) in [4.78, 5) is 11.2. The van der Waals surface area contributed by atoms with Gasteiger partial charge in [0.05, 0.1) is 6.61 Å². The van der Waals surface area contributed by atoms with Crippen LogP contribution in [0, 0.1) is 0 Å². The van der Waals surface area contributed by atoms with Gasteiger partial charge in [0.15, 0.2) is 0 Å². The average molecular weight is 260 g/mol. The lowest BCUT2D eigenvalue weighted by Crippen LogP contribution is -2.30. The summed E-state index contributed by atoms with van der Waals surface area (Å²) < 4.78 is 10.3. The molecule has 0 aliphatic carbocycles. The molecule has 17 heavy (non-hydrogen) atoms. The van der Waals surface area contributed by atoms with E-state index in [1.165, 1.54) is 5.01 Å². The van der Waals surface area contributed by atoms with Gasteiger partial charge in [-0.25, -0.2) is 0 Å². The largest absolute Gasteiger partial charge is 0.465 e. The molecule has 0 bridgehead atoms. The Balaban J connectivity index is 3.75. The maximum atomic E-state index is 11.2. The van der Waals surface area contributed by atoms with Crippen molar-refractivity contribution < 1.29 is 14.3 Å². The zero-order chi connectivity index (χ0) is 13.3. The van der Waals surface area contributed by atoms with E-state index in [1.54, 1.807) is 6.92 Å². The molecule has 0 saturated carbocycles. The van der Waals surface area contributed by atoms with Crippen LogP contribution in [-0.2, 0) is 14.3 Å². The first kappa shape index (κ1) is 16.1. The van der Waals surface area contributed by atoms with Gasteiger partial charge in [-0.1, -0.05) is 19.6 Å². The minimum Gasteiger partial charge on any atom is -0.465 e. The quantitative estimate of drug-likeness (QED) is 0.158. The second-order valence-electron chi connectivity index (χ2n) is 4.96. The number of rotatable bonds is 9. The summed E-state index contributed by atoms with van der Waals surface area (Å²) in [6.07, 6.45) is 0. The summed E-state index contributed by atoms with van der Waals surface area (Å²) >= 11 is 0. The minimum atomic E-state index is -1.07. The summed E-state index contributed by atoms with van der Waals surface area (Å²) in [7, 11) is -1.07. The first-order valence-electron chi connectivity index (χ1n) is 5.84. The second kappa shape index (κ2) is 8.24. The minimum absolute atomic E-state index is 0.0876. The molecule has 0 atom stereocenters. The van der Waals surface area contributed by atoms with Crippen LogP contribution >= 0.6 is 0 Å². The number of carbonyl (C=O) groups is 1. The number of hydrogen-bond donors (Lipinski definition) is 0. The highest BCUT2D eigenvalue weighted by Crippen LogP contribution is 2.07. The lowest BCUT2D eigenvalue weighted by molar-refractivity contribution is -0.145. The predicted octanol–water partition coefficient (Wildman–Crippen LogP) is 1.78. The lowest BCUT2D eigenvalue weighted by atomic mass is 10.6. The molecular weight excluding hydrogens is 236 g/mol. The third-order valence-corrected chi connectivity index (χ3v) is 3.76. The van der Waals surface area contributed by atoms with Crippen LogP contribution < -0.4 is 0 Å². The van der Waals surface area contributed by atoms with E-state index in [0.29, 0.717) is 13.2 Å². The molecule has 0 aromatic carbocycles. The fourth-order valence-corrected chi connectivity index (χ4v) is 1.80. The number of hydrazone groups is 1. The molecule has 0 heterocycles. The van der Waals surface area contributed by atoms with Crippen LogP contribution in [0.1, 0.15) is 6.92 Å². The maximum absolute atomic E-state index is 11.2. The topological polar surface area (TPSA) is 51.1 Å². The number of nitrogens with zero attached hydrogens (tertiary/aromatic N) is 2. The standard InChI is InChI=1S/C11H24N2O3Si/c1-6-16-11(14)9-13(12-2)10-15-7-8-17(3,4)5/h2,6-10H2,1,3-5H3. The third kappa shape index (κ3) is 10.0. The van der Waals surface area contributed by atoms with Gasteiger partial charge in [0.2, 0.25) is 0 Å². The van der Waals surface area contributed by atoms with Gasteiger partial charge in [0, 0.05) is 21.4 Å². The van der Waals surface area contributed by atoms with Crippen molar-refractivity contribution >= 4 is 20.8 Å². The van der Waals surface area contributed by atoms with Crippen LogP contribution in [-0.4, -0.2) is 52.3 Å². The molecule has 0 fully saturated rings. The van der Waals surface area contributed by atoms with E-state index in [2.05, 4.69) is 31.5 Å². The Kier molecular flexibility index (Phi) is 7.82. The van der Waals surface area contributed by atoms with Crippen LogP contribution in [0.2, 0.25) is 25.7 Å². The molecule has 0 aromatic heterocycles. The summed E-state index contributed by atoms with van der Waals surface area (Å²) in [5.41, 5.74) is 0. The summed E-state index contributed by atoms with van der Waals surface area (Å²) in [6, 6.07) is 1.09. The second-order valence-corrected chi connectivity index (χ2v) is 10.6. The number of esters is 1. The van der Waals surface area contributed by atoms with E-state index >= 15 is 0 Å². The smallest absolute Gasteiger partial charge is 0.327 e. The summed E-state index contributed by atoms with van der Waals surface area (Å²) in [5.74, 6) is -0.311. The van der Waals surface area contributed by atoms with Crippen molar-refractivity contribution in [2.24, 2.45) is 5.10 Å². The molecule has 0 spiro atoms. The van der Waals surface area contributed by atoms with Crippen molar-refractivity contribution in [3.05, 3.63) is 0 Å². The van der Waals surface area contributed by atoms with E-state index in [1.807, 2.05) is 0 Å². The van der Waals surface area contributed by atoms with Crippen molar-refractivity contribution in [2.75, 3.05) is 26.5 Å². The van der Waals surface area contributed by atoms with Gasteiger partial charge in [-0.05, 0) is 13.0 Å². The van der Waals surface area contributed by atoms with Crippen LogP contribution in [0.15, 0.2) is 5.10 Å². The van der Waals surface area contributed by atoms with E-state index < -0.39 is 8.07 Å². The van der Waals surface area contributed by atoms with E-state index in [-0.39, 0.29) is 19.2 Å². The monoisotopic (exact) mass is 260 g/mol. The van der Waals surface area contributed by atoms with Gasteiger partial charge < -0.3 is 9.47 Å². The predicted molar refractivity (Wildman–Crippen MR) is 71.9 cm³/mol. The zero-order valence-electron chi connectivity index (χ0n) is 11.4. The summed E-state index contributed by atoms with van der Waals surface area (Å²) in [6.45, 7) is 13.5. The van der Waals surface area contributed by atoms with Gasteiger partial charge in [-0.15, -0.1) is 0 Å². The Labute approximate surface area is 105 Å². The Morgan fingerprint density at radius 1 is 1.41 bits per heavy atom. The molecule has 0 aliphatic heterocycles. The molecule has 0 rings (SSSR count). The van der Waals surface area contributed by atoms with Crippen molar-refractivity contribution in [1.82, 2.24) is 5.01 Å². The Bertz CT molecular complexity index is 241. The fourth-order valence-electron chi connectivity index (χ4n) is 1.04. The lowest BCUT2D eigenvalue weighted by Gasteiger charge is -2.19. The molecule has 5 nitrogen and oxygen atoms in total. The van der Waals surface area contributed by atoms with Crippen molar-refractivity contribution in [1.29, 1.82) is 0 Å². The Morgan fingerprint density at radius 3 is 2.53 bits per heavy atom. The number of hydrogen-bond acceptors (Lipinski definition) is 5. The highest BCUT2D eigenvalue weighted by atomic mass is 28.3. The molecule has 0 radical (unpaired) electrons. The highest BCUT2D eigenvalue weighted by Gasteiger charge is 2.13. The number of ether oxygens (including phenoxy) is 2. The normalized spacial score (nSPS) is 11.1. The van der Waals surface area contributed by atoms with Crippen LogP contribution in [0.3, 0.4) is 0 Å². The first-order valence-corrected chi connectivity index (χ1v) is 9.54. The van der Waals surface area contributed by atoms with Gasteiger partial charge in [-0.3, -0.25) is 9.80 Å². The summed E-state index contributed by atoms with van der Waals surface area (Å²) in [5, 5.41) is 5.17. The van der Waals surface area contributed by atoms with E-state index in [0.717, 1.165) is 6.04 Å². The molecule has 6 heteroatoms. The fraction of sp³-hybridized carbons (Fsp3) is 0.818. The number of carbonyl (C=O) groups excluding carboxylic acids is 1. The molecule has 0 unspecified atom stereocenters. The van der Waals surface area contributed by atoms with Gasteiger partial charge in [-0.2, -0.15) is 5.10 Å². The van der Waals surface area contributed by atoms with E-state index in [9.17, 15) is 4.79 Å². The molecule has 100 valence electrons. The zero-order valence-corrected chi connectivity index (χ0v) is 12.4. The van der Waals surface area contributed by atoms with Crippen molar-refractivity contribution in [2.45, 2.75) is 32.6 Å². The molecule has 0 saturated heterocycles. The third-order valence-electron chi connectivity index (χ3n) is 2.05.